The van der Waals surface area contributed by atoms with Gasteiger partial charge in [-0.1, -0.05) is 5.16 Å². The van der Waals surface area contributed by atoms with Crippen LogP contribution in [0.25, 0.3) is 11.4 Å². The smallest absolute Gasteiger partial charge is 0.316 e. The van der Waals surface area contributed by atoms with E-state index in [9.17, 15) is 4.79 Å². The van der Waals surface area contributed by atoms with Gasteiger partial charge in [0.1, 0.15) is 5.75 Å². The van der Waals surface area contributed by atoms with Crippen LogP contribution in [0.15, 0.2) is 50.5 Å². The molecule has 0 atom stereocenters. The molecule has 0 aliphatic rings. The van der Waals surface area contributed by atoms with Crippen molar-refractivity contribution in [1.29, 1.82) is 0 Å². The number of benzene rings is 1. The lowest BCUT2D eigenvalue weighted by atomic mass is 10.3. The monoisotopic (exact) mass is 376 g/mol. The topological polar surface area (TPSA) is 74.5 Å². The molecule has 0 unspecified atom stereocenters. The van der Waals surface area contributed by atoms with Gasteiger partial charge in [0.25, 0.3) is 5.89 Å². The Kier molecular flexibility index (Phi) is 6.08. The van der Waals surface area contributed by atoms with Crippen LogP contribution in [-0.4, -0.2) is 28.5 Å². The van der Waals surface area contributed by atoms with Gasteiger partial charge >= 0.3 is 5.97 Å². The van der Waals surface area contributed by atoms with Crippen LogP contribution in [0.5, 0.6) is 5.75 Å². The minimum absolute atomic E-state index is 0.0280. The maximum Gasteiger partial charge on any atom is 0.316 e. The number of nitrogens with zero attached hydrogens (tertiary/aromatic N) is 2. The van der Waals surface area contributed by atoms with Crippen LogP contribution >= 0.6 is 23.1 Å². The lowest BCUT2D eigenvalue weighted by molar-refractivity contribution is -0.142. The summed E-state index contributed by atoms with van der Waals surface area (Å²) in [6, 6.07) is 9.48. The molecule has 1 aromatic carbocycles. The molecule has 2 heterocycles. The maximum absolute atomic E-state index is 11.8. The average Bonchev–Trinajstić information content (AvgIpc) is 3.31. The van der Waals surface area contributed by atoms with E-state index >= 15 is 0 Å². The third-order valence-electron chi connectivity index (χ3n) is 3.10. The number of thiophene rings is 1. The molecule has 0 saturated carbocycles. The molecule has 3 rings (SSSR count). The van der Waals surface area contributed by atoms with Gasteiger partial charge < -0.3 is 14.0 Å². The van der Waals surface area contributed by atoms with Crippen LogP contribution in [0.4, 0.5) is 0 Å². The molecule has 0 bridgehead atoms. The number of ether oxygens (including phenoxy) is 2. The molecule has 0 N–H and O–H groups in total. The molecule has 130 valence electrons. The fraction of sp³-hybridized carbons (Fsp3) is 0.235. The predicted octanol–water partition coefficient (Wildman–Crippen LogP) is 4.03. The summed E-state index contributed by atoms with van der Waals surface area (Å²) in [6.07, 6.45) is 0. The first-order valence-electron chi connectivity index (χ1n) is 7.61. The zero-order valence-corrected chi connectivity index (χ0v) is 15.1. The zero-order chi connectivity index (χ0) is 17.5. The Morgan fingerprint density at radius 3 is 2.84 bits per heavy atom. The number of rotatable bonds is 8. The second-order valence-corrected chi connectivity index (χ2v) is 6.71. The molecule has 0 aliphatic carbocycles. The molecule has 3 aromatic rings. The normalized spacial score (nSPS) is 10.6. The van der Waals surface area contributed by atoms with Crippen molar-refractivity contribution in [2.45, 2.75) is 18.4 Å². The first-order chi connectivity index (χ1) is 12.2. The molecule has 0 radical (unpaired) electrons. The van der Waals surface area contributed by atoms with E-state index in [1.165, 1.54) is 11.8 Å². The quantitative estimate of drug-likeness (QED) is 0.434. The number of hydrogen-bond donors (Lipinski definition) is 0. The van der Waals surface area contributed by atoms with Crippen molar-refractivity contribution in [2.24, 2.45) is 0 Å². The van der Waals surface area contributed by atoms with E-state index in [0.717, 1.165) is 16.2 Å². The van der Waals surface area contributed by atoms with Crippen LogP contribution in [0, 0.1) is 0 Å². The lowest BCUT2D eigenvalue weighted by Crippen LogP contribution is -2.07. The largest absolute Gasteiger partial charge is 0.494 e. The highest BCUT2D eigenvalue weighted by Gasteiger charge is 2.11. The minimum Gasteiger partial charge on any atom is -0.494 e. The van der Waals surface area contributed by atoms with Crippen molar-refractivity contribution in [2.75, 3.05) is 12.4 Å². The fourth-order valence-electron chi connectivity index (χ4n) is 1.95. The third kappa shape index (κ3) is 5.07. The van der Waals surface area contributed by atoms with E-state index in [2.05, 4.69) is 10.1 Å². The number of carbonyl (C=O) groups excluding carboxylic acids is 1. The van der Waals surface area contributed by atoms with Crippen molar-refractivity contribution >= 4 is 29.1 Å². The van der Waals surface area contributed by atoms with E-state index in [1.807, 2.05) is 48.0 Å². The number of esters is 1. The van der Waals surface area contributed by atoms with E-state index < -0.39 is 0 Å². The van der Waals surface area contributed by atoms with Gasteiger partial charge in [-0.2, -0.15) is 16.3 Å². The lowest BCUT2D eigenvalue weighted by Gasteiger charge is -2.05. The van der Waals surface area contributed by atoms with E-state index in [1.54, 1.807) is 11.3 Å². The maximum atomic E-state index is 11.8. The highest BCUT2D eigenvalue weighted by atomic mass is 32.2. The molecule has 6 nitrogen and oxygen atoms in total. The van der Waals surface area contributed by atoms with Gasteiger partial charge in [-0.25, -0.2) is 0 Å². The summed E-state index contributed by atoms with van der Waals surface area (Å²) < 4.78 is 15.6. The second-order valence-electron chi connectivity index (χ2n) is 4.88. The molecule has 25 heavy (non-hydrogen) atoms. The van der Waals surface area contributed by atoms with Crippen molar-refractivity contribution in [3.8, 4) is 17.1 Å². The van der Waals surface area contributed by atoms with E-state index in [-0.39, 0.29) is 24.2 Å². The number of carbonyl (C=O) groups is 1. The molecule has 0 aliphatic heterocycles. The first kappa shape index (κ1) is 17.5. The number of aromatic nitrogens is 2. The standard InChI is InChI=1S/C17H16N2O4S2/c1-2-21-13-3-5-14(6-4-13)25-11-16(20)22-9-15-18-17(19-23-15)12-7-8-24-10-12/h3-8,10H,2,9,11H2,1H3. The molecule has 0 saturated heterocycles. The number of hydrogen-bond acceptors (Lipinski definition) is 8. The molecular weight excluding hydrogens is 360 g/mol. The molecule has 0 spiro atoms. The molecule has 0 fully saturated rings. The summed E-state index contributed by atoms with van der Waals surface area (Å²) in [5.74, 6) is 1.46. The third-order valence-corrected chi connectivity index (χ3v) is 4.76. The zero-order valence-electron chi connectivity index (χ0n) is 13.5. The summed E-state index contributed by atoms with van der Waals surface area (Å²) in [5.41, 5.74) is 0.886. The highest BCUT2D eigenvalue weighted by Crippen LogP contribution is 2.22. The van der Waals surface area contributed by atoms with Crippen LogP contribution < -0.4 is 4.74 Å². The average molecular weight is 376 g/mol. The minimum atomic E-state index is -0.339. The van der Waals surface area contributed by atoms with Gasteiger partial charge in [0.05, 0.1) is 12.4 Å². The van der Waals surface area contributed by atoms with Gasteiger partial charge in [-0.05, 0) is 42.6 Å². The van der Waals surface area contributed by atoms with E-state index in [0.29, 0.717) is 12.4 Å². The van der Waals surface area contributed by atoms with Gasteiger partial charge in [-0.3, -0.25) is 4.79 Å². The highest BCUT2D eigenvalue weighted by molar-refractivity contribution is 8.00. The summed E-state index contributed by atoms with van der Waals surface area (Å²) >= 11 is 2.95. The summed E-state index contributed by atoms with van der Waals surface area (Å²) in [7, 11) is 0. The van der Waals surface area contributed by atoms with Crippen LogP contribution in [0.2, 0.25) is 0 Å². The first-order valence-corrected chi connectivity index (χ1v) is 9.54. The van der Waals surface area contributed by atoms with Gasteiger partial charge in [-0.15, -0.1) is 11.8 Å². The van der Waals surface area contributed by atoms with Gasteiger partial charge in [0.15, 0.2) is 6.61 Å². The predicted molar refractivity (Wildman–Crippen MR) is 95.7 cm³/mol. The second kappa shape index (κ2) is 8.68. The summed E-state index contributed by atoms with van der Waals surface area (Å²) in [6.45, 7) is 2.54. The Morgan fingerprint density at radius 1 is 1.28 bits per heavy atom. The van der Waals surface area contributed by atoms with Crippen molar-refractivity contribution < 1.29 is 18.8 Å². The molecule has 0 amide bonds. The van der Waals surface area contributed by atoms with E-state index in [4.69, 9.17) is 14.0 Å². The Labute approximate surface area is 153 Å². The van der Waals surface area contributed by atoms with Gasteiger partial charge in [0, 0.05) is 15.8 Å². The fourth-order valence-corrected chi connectivity index (χ4v) is 3.28. The summed E-state index contributed by atoms with van der Waals surface area (Å²) in [5, 5.41) is 7.72. The molecule has 2 aromatic heterocycles. The van der Waals surface area contributed by atoms with Crippen molar-refractivity contribution in [3.63, 3.8) is 0 Å². The van der Waals surface area contributed by atoms with Crippen LogP contribution in [0.1, 0.15) is 12.8 Å². The molecule has 8 heteroatoms. The van der Waals surface area contributed by atoms with Crippen molar-refractivity contribution in [3.05, 3.63) is 47.0 Å². The molecular formula is C17H16N2O4S2. The Balaban J connectivity index is 1.43. The van der Waals surface area contributed by atoms with Crippen LogP contribution in [-0.2, 0) is 16.1 Å². The van der Waals surface area contributed by atoms with Crippen molar-refractivity contribution in [1.82, 2.24) is 10.1 Å². The van der Waals surface area contributed by atoms with Crippen LogP contribution in [0.3, 0.4) is 0 Å². The Morgan fingerprint density at radius 2 is 2.12 bits per heavy atom. The Hall–Kier alpha value is -2.32. The summed E-state index contributed by atoms with van der Waals surface area (Å²) in [4.78, 5) is 17.0. The Bertz CT molecular complexity index is 800. The SMILES string of the molecule is CCOc1ccc(SCC(=O)OCc2nc(-c3ccsc3)no2)cc1. The van der Waals surface area contributed by atoms with Gasteiger partial charge in [0.2, 0.25) is 5.82 Å². The number of thioether (sulfide) groups is 1.